The van der Waals surface area contributed by atoms with E-state index in [1.165, 1.54) is 55.5 Å². The zero-order chi connectivity index (χ0) is 13.5. The molecule has 0 aromatic heterocycles. The molecule has 0 saturated carbocycles. The lowest BCUT2D eigenvalue weighted by atomic mass is 9.98. The molecule has 1 aliphatic rings. The third-order valence-corrected chi connectivity index (χ3v) is 4.24. The second-order valence-electron chi connectivity index (χ2n) is 5.58. The Labute approximate surface area is 125 Å². The summed E-state index contributed by atoms with van der Waals surface area (Å²) in [5, 5.41) is 3.52. The van der Waals surface area contributed by atoms with Crippen molar-refractivity contribution in [2.24, 2.45) is 5.92 Å². The Morgan fingerprint density at radius 1 is 1.42 bits per heavy atom. The van der Waals surface area contributed by atoms with E-state index in [-0.39, 0.29) is 0 Å². The first kappa shape index (κ1) is 15.0. The van der Waals surface area contributed by atoms with Crippen LogP contribution in [-0.2, 0) is 6.54 Å². The Bertz CT molecular complexity index is 375. The molecule has 1 saturated heterocycles. The number of hydrogen-bond acceptors (Lipinski definition) is 2. The highest BCUT2D eigenvalue weighted by molar-refractivity contribution is 9.10. The number of rotatable bonds is 6. The maximum absolute atomic E-state index is 3.56. The summed E-state index contributed by atoms with van der Waals surface area (Å²) in [6, 6.07) is 8.69. The Morgan fingerprint density at radius 3 is 3.00 bits per heavy atom. The Hall–Kier alpha value is -0.380. The summed E-state index contributed by atoms with van der Waals surface area (Å²) in [6.45, 7) is 8.17. The van der Waals surface area contributed by atoms with Crippen molar-refractivity contribution in [1.82, 2.24) is 10.2 Å². The maximum atomic E-state index is 3.56. The first-order valence-electron chi connectivity index (χ1n) is 7.45. The molecule has 1 atom stereocenters. The third-order valence-electron chi connectivity index (χ3n) is 3.75. The molecule has 0 spiro atoms. The Balaban J connectivity index is 1.91. The van der Waals surface area contributed by atoms with Crippen molar-refractivity contribution in [2.45, 2.75) is 32.7 Å². The molecule has 0 aliphatic carbocycles. The fourth-order valence-corrected chi connectivity index (χ4v) is 3.34. The van der Waals surface area contributed by atoms with Crippen LogP contribution in [-0.4, -0.2) is 31.1 Å². The lowest BCUT2D eigenvalue weighted by molar-refractivity contribution is 0.201. The molecule has 106 valence electrons. The zero-order valence-corrected chi connectivity index (χ0v) is 13.5. The number of hydrogen-bond donors (Lipinski definition) is 1. The molecular weight excluding hydrogens is 300 g/mol. The molecule has 1 unspecified atom stereocenters. The van der Waals surface area contributed by atoms with E-state index in [9.17, 15) is 0 Å². The van der Waals surface area contributed by atoms with Gasteiger partial charge in [0.05, 0.1) is 0 Å². The molecule has 0 amide bonds. The lowest BCUT2D eigenvalue weighted by Gasteiger charge is -2.30. The summed E-state index contributed by atoms with van der Waals surface area (Å²) in [6.07, 6.45) is 3.95. The summed E-state index contributed by atoms with van der Waals surface area (Å²) < 4.78 is 1.18. The van der Waals surface area contributed by atoms with Crippen LogP contribution < -0.4 is 5.32 Å². The number of nitrogens with zero attached hydrogens (tertiary/aromatic N) is 1. The molecule has 3 heteroatoms. The predicted molar refractivity (Wildman–Crippen MR) is 85.3 cm³/mol. The van der Waals surface area contributed by atoms with Gasteiger partial charge in [-0.2, -0.15) is 0 Å². The van der Waals surface area contributed by atoms with E-state index in [0.717, 1.165) is 12.5 Å². The topological polar surface area (TPSA) is 15.3 Å². The van der Waals surface area contributed by atoms with Gasteiger partial charge in [-0.1, -0.05) is 35.0 Å². The van der Waals surface area contributed by atoms with Gasteiger partial charge < -0.3 is 5.32 Å². The van der Waals surface area contributed by atoms with Crippen molar-refractivity contribution in [3.05, 3.63) is 34.3 Å². The molecule has 1 aromatic rings. The molecule has 2 nitrogen and oxygen atoms in total. The van der Waals surface area contributed by atoms with Crippen molar-refractivity contribution in [1.29, 1.82) is 0 Å². The fourth-order valence-electron chi connectivity index (χ4n) is 2.89. The largest absolute Gasteiger partial charge is 0.316 e. The molecule has 0 bridgehead atoms. The van der Waals surface area contributed by atoms with Crippen LogP contribution in [0.3, 0.4) is 0 Å². The van der Waals surface area contributed by atoms with E-state index in [2.05, 4.69) is 57.3 Å². The molecule has 1 fully saturated rings. The number of nitrogens with one attached hydrogen (secondary N) is 1. The summed E-state index contributed by atoms with van der Waals surface area (Å²) in [4.78, 5) is 2.61. The molecule has 1 aliphatic heterocycles. The first-order chi connectivity index (χ1) is 9.28. The van der Waals surface area contributed by atoms with Gasteiger partial charge in [0.25, 0.3) is 0 Å². The standard InChI is InChI=1S/C16H25BrN2/c1-2-9-19(13-15-6-4-8-18-11-15)12-14-5-3-7-16(17)10-14/h3,5,7,10,15,18H,2,4,6,8-9,11-13H2,1H3. The Kier molecular flexibility index (Phi) is 6.35. The molecule has 19 heavy (non-hydrogen) atoms. The minimum atomic E-state index is 0.826. The molecular formula is C16H25BrN2. The normalized spacial score (nSPS) is 19.8. The second-order valence-corrected chi connectivity index (χ2v) is 6.49. The number of benzene rings is 1. The van der Waals surface area contributed by atoms with E-state index >= 15 is 0 Å². The van der Waals surface area contributed by atoms with Crippen molar-refractivity contribution in [3.63, 3.8) is 0 Å². The van der Waals surface area contributed by atoms with Gasteiger partial charge in [0.15, 0.2) is 0 Å². The van der Waals surface area contributed by atoms with E-state index in [1.807, 2.05) is 0 Å². The van der Waals surface area contributed by atoms with Gasteiger partial charge in [-0.25, -0.2) is 0 Å². The highest BCUT2D eigenvalue weighted by atomic mass is 79.9. The summed E-state index contributed by atoms with van der Waals surface area (Å²) >= 11 is 3.56. The average Bonchev–Trinajstić information content (AvgIpc) is 2.40. The van der Waals surface area contributed by atoms with Crippen molar-refractivity contribution in [3.8, 4) is 0 Å². The van der Waals surface area contributed by atoms with E-state index in [0.29, 0.717) is 0 Å². The summed E-state index contributed by atoms with van der Waals surface area (Å²) in [5.41, 5.74) is 1.41. The lowest BCUT2D eigenvalue weighted by Crippen LogP contribution is -2.38. The molecule has 0 radical (unpaired) electrons. The SMILES string of the molecule is CCCN(Cc1cccc(Br)c1)CC1CCCNC1. The third kappa shape index (κ3) is 5.25. The first-order valence-corrected chi connectivity index (χ1v) is 8.24. The van der Waals surface area contributed by atoms with Crippen molar-refractivity contribution < 1.29 is 0 Å². The smallest absolute Gasteiger partial charge is 0.0234 e. The van der Waals surface area contributed by atoms with Crippen molar-refractivity contribution >= 4 is 15.9 Å². The van der Waals surface area contributed by atoms with E-state index in [4.69, 9.17) is 0 Å². The highest BCUT2D eigenvalue weighted by Gasteiger charge is 2.16. The number of halogens is 1. The highest BCUT2D eigenvalue weighted by Crippen LogP contribution is 2.17. The minimum Gasteiger partial charge on any atom is -0.316 e. The van der Waals surface area contributed by atoms with Crippen LogP contribution in [0.25, 0.3) is 0 Å². The van der Waals surface area contributed by atoms with E-state index < -0.39 is 0 Å². The zero-order valence-electron chi connectivity index (χ0n) is 11.9. The maximum Gasteiger partial charge on any atom is 0.0234 e. The minimum absolute atomic E-state index is 0.826. The fraction of sp³-hybridized carbons (Fsp3) is 0.625. The van der Waals surface area contributed by atoms with Crippen LogP contribution in [0, 0.1) is 5.92 Å². The van der Waals surface area contributed by atoms with Crippen LogP contribution in [0.2, 0.25) is 0 Å². The molecule has 2 rings (SSSR count). The van der Waals surface area contributed by atoms with Crippen LogP contribution >= 0.6 is 15.9 Å². The van der Waals surface area contributed by atoms with Gasteiger partial charge in [-0.05, 0) is 62.5 Å². The van der Waals surface area contributed by atoms with Gasteiger partial charge in [0.2, 0.25) is 0 Å². The predicted octanol–water partition coefficient (Wildman–Crippen LogP) is 3.66. The van der Waals surface area contributed by atoms with Crippen LogP contribution in [0.4, 0.5) is 0 Å². The van der Waals surface area contributed by atoms with Gasteiger partial charge in [-0.15, -0.1) is 0 Å². The van der Waals surface area contributed by atoms with Gasteiger partial charge in [0, 0.05) is 17.6 Å². The Morgan fingerprint density at radius 2 is 2.32 bits per heavy atom. The summed E-state index contributed by atoms with van der Waals surface area (Å²) in [7, 11) is 0. The quantitative estimate of drug-likeness (QED) is 0.859. The number of piperidine rings is 1. The van der Waals surface area contributed by atoms with Crippen LogP contribution in [0.15, 0.2) is 28.7 Å². The van der Waals surface area contributed by atoms with E-state index in [1.54, 1.807) is 0 Å². The second kappa shape index (κ2) is 8.03. The molecule has 1 aromatic carbocycles. The monoisotopic (exact) mass is 324 g/mol. The van der Waals surface area contributed by atoms with Gasteiger partial charge >= 0.3 is 0 Å². The molecule has 1 N–H and O–H groups in total. The average molecular weight is 325 g/mol. The molecule has 1 heterocycles. The van der Waals surface area contributed by atoms with Crippen LogP contribution in [0.5, 0.6) is 0 Å². The van der Waals surface area contributed by atoms with Crippen molar-refractivity contribution in [2.75, 3.05) is 26.2 Å². The summed E-state index contributed by atoms with van der Waals surface area (Å²) in [5.74, 6) is 0.826. The van der Waals surface area contributed by atoms with Gasteiger partial charge in [-0.3, -0.25) is 4.90 Å². The van der Waals surface area contributed by atoms with Gasteiger partial charge in [0.1, 0.15) is 0 Å². The van der Waals surface area contributed by atoms with Crippen LogP contribution in [0.1, 0.15) is 31.7 Å².